The van der Waals surface area contributed by atoms with Gasteiger partial charge in [0.2, 0.25) is 0 Å². The average molecular weight is 191 g/mol. The Morgan fingerprint density at radius 1 is 1.08 bits per heavy atom. The van der Waals surface area contributed by atoms with E-state index in [1.165, 1.54) is 0 Å². The lowest BCUT2D eigenvalue weighted by Crippen LogP contribution is -2.42. The molecule has 0 amide bonds. The van der Waals surface area contributed by atoms with E-state index in [9.17, 15) is 5.21 Å². The van der Waals surface area contributed by atoms with Crippen molar-refractivity contribution in [1.82, 2.24) is 10.9 Å². The van der Waals surface area contributed by atoms with E-state index in [-0.39, 0.29) is 0 Å². The fraction of sp³-hybridized carbons (Fsp3) is 1.00. The fourth-order valence-corrected chi connectivity index (χ4v) is 0.314. The zero-order valence-electron chi connectivity index (χ0n) is 9.17. The van der Waals surface area contributed by atoms with E-state index in [1.807, 2.05) is 20.8 Å². The van der Waals surface area contributed by atoms with Gasteiger partial charge in [0.05, 0.1) is 5.60 Å². The van der Waals surface area contributed by atoms with Gasteiger partial charge in [0.25, 0.3) is 0 Å². The highest BCUT2D eigenvalue weighted by Crippen LogP contribution is 2.11. The van der Waals surface area contributed by atoms with Gasteiger partial charge in [-0.15, -0.1) is 0 Å². The smallest absolute Gasteiger partial charge is 0.0840 e. The molecule has 0 aromatic carbocycles. The van der Waals surface area contributed by atoms with Gasteiger partial charge in [0.1, 0.15) is 0 Å². The molecule has 1 N–H and O–H groups in total. The molecule has 0 rings (SSSR count). The Bertz CT molecular complexity index is 148. The first-order chi connectivity index (χ1) is 5.63. The van der Waals surface area contributed by atoms with Crippen LogP contribution < -0.4 is 5.64 Å². The Morgan fingerprint density at radius 2 is 1.54 bits per heavy atom. The minimum Gasteiger partial charge on any atom is -0.760 e. The summed E-state index contributed by atoms with van der Waals surface area (Å²) in [4.78, 5) is 9.57. The van der Waals surface area contributed by atoms with Crippen LogP contribution in [0.15, 0.2) is 0 Å². The molecule has 0 unspecified atom stereocenters. The van der Waals surface area contributed by atoms with E-state index in [0.717, 1.165) is 0 Å². The highest BCUT2D eigenvalue weighted by molar-refractivity contribution is 4.68. The van der Waals surface area contributed by atoms with E-state index in [4.69, 9.17) is 4.84 Å². The normalized spacial score (nSPS) is 13.8. The lowest BCUT2D eigenvalue weighted by molar-refractivity contribution is -0.332. The molecular formula is C8H19N2O3-. The third-order valence-electron chi connectivity index (χ3n) is 1.02. The molecule has 0 aliphatic heterocycles. The zero-order valence-corrected chi connectivity index (χ0v) is 9.17. The number of hydroxylamine groups is 2. The molecule has 0 aromatic heterocycles. The summed E-state index contributed by atoms with van der Waals surface area (Å²) in [5.41, 5.74) is 1.15. The maximum atomic E-state index is 11.1. The molecule has 0 bridgehead atoms. The van der Waals surface area contributed by atoms with Crippen molar-refractivity contribution >= 4 is 0 Å². The van der Waals surface area contributed by atoms with Crippen molar-refractivity contribution in [2.75, 3.05) is 0 Å². The van der Waals surface area contributed by atoms with Crippen molar-refractivity contribution < 1.29 is 9.78 Å². The van der Waals surface area contributed by atoms with E-state index >= 15 is 0 Å². The predicted molar refractivity (Wildman–Crippen MR) is 50.0 cm³/mol. The second kappa shape index (κ2) is 4.34. The lowest BCUT2D eigenvalue weighted by atomic mass is 10.1. The quantitative estimate of drug-likeness (QED) is 0.689. The van der Waals surface area contributed by atoms with Gasteiger partial charge in [-0.25, -0.2) is 5.23 Å². The molecular weight excluding hydrogens is 172 g/mol. The van der Waals surface area contributed by atoms with Crippen LogP contribution in [0.5, 0.6) is 0 Å². The number of nitrogens with one attached hydrogen (secondary N) is 1. The first kappa shape index (κ1) is 12.8. The molecule has 0 heterocycles. The summed E-state index contributed by atoms with van der Waals surface area (Å²) in [6.45, 7) is 10.7. The summed E-state index contributed by atoms with van der Waals surface area (Å²) in [7, 11) is 0. The minimum absolute atomic E-state index is 0.390. The van der Waals surface area contributed by atoms with Gasteiger partial charge in [0.15, 0.2) is 0 Å². The van der Waals surface area contributed by atoms with E-state index in [0.29, 0.717) is 5.23 Å². The molecule has 5 heteroatoms. The molecule has 5 nitrogen and oxygen atoms in total. The molecule has 80 valence electrons. The van der Waals surface area contributed by atoms with Crippen LogP contribution in [0.4, 0.5) is 0 Å². The van der Waals surface area contributed by atoms with Crippen LogP contribution in [0, 0.1) is 5.21 Å². The highest BCUT2D eigenvalue weighted by atomic mass is 17.1. The Kier molecular flexibility index (Phi) is 4.28. The van der Waals surface area contributed by atoms with Crippen LogP contribution in [-0.4, -0.2) is 16.4 Å². The largest absolute Gasteiger partial charge is 0.760 e. The third-order valence-corrected chi connectivity index (χ3v) is 1.02. The molecule has 13 heavy (non-hydrogen) atoms. The van der Waals surface area contributed by atoms with Crippen molar-refractivity contribution in [3.63, 3.8) is 0 Å². The van der Waals surface area contributed by atoms with Gasteiger partial charge in [-0.3, -0.25) is 4.84 Å². The number of rotatable bonds is 3. The van der Waals surface area contributed by atoms with Crippen molar-refractivity contribution in [2.24, 2.45) is 0 Å². The highest BCUT2D eigenvalue weighted by Gasteiger charge is 2.15. The average Bonchev–Trinajstić information content (AvgIpc) is 1.82. The molecule has 0 aliphatic rings. The molecule has 0 aromatic rings. The molecule has 0 fully saturated rings. The van der Waals surface area contributed by atoms with Gasteiger partial charge in [0, 0.05) is 5.54 Å². The van der Waals surface area contributed by atoms with E-state index in [1.54, 1.807) is 20.8 Å². The standard InChI is InChI=1S/C8H19N2O3/c1-7(2,3)10(11)13-9-12-8(4,5)6/h9H,1-6H3/q-1. The molecule has 0 aliphatic carbocycles. The van der Waals surface area contributed by atoms with Gasteiger partial charge < -0.3 is 5.21 Å². The second-order valence-corrected chi connectivity index (χ2v) is 4.82. The van der Waals surface area contributed by atoms with Gasteiger partial charge in [-0.05, 0) is 41.5 Å². The lowest BCUT2D eigenvalue weighted by Gasteiger charge is -2.38. The van der Waals surface area contributed by atoms with Crippen LogP contribution in [0.1, 0.15) is 41.5 Å². The van der Waals surface area contributed by atoms with Crippen LogP contribution in [0.25, 0.3) is 0 Å². The van der Waals surface area contributed by atoms with Crippen LogP contribution in [-0.2, 0) is 9.78 Å². The third kappa shape index (κ3) is 6.92. The number of hydrogen-bond acceptors (Lipinski definition) is 5. The van der Waals surface area contributed by atoms with Gasteiger partial charge in [-0.2, -0.15) is 4.94 Å². The number of nitrogens with zero attached hydrogens (tertiary/aromatic N) is 1. The Balaban J connectivity index is 3.67. The van der Waals surface area contributed by atoms with Crippen LogP contribution in [0.3, 0.4) is 0 Å². The fourth-order valence-electron chi connectivity index (χ4n) is 0.314. The second-order valence-electron chi connectivity index (χ2n) is 4.82. The summed E-state index contributed by atoms with van der Waals surface area (Å²) >= 11 is 0. The van der Waals surface area contributed by atoms with E-state index < -0.39 is 11.1 Å². The molecule has 0 radical (unpaired) electrons. The van der Waals surface area contributed by atoms with Crippen LogP contribution in [0.2, 0.25) is 0 Å². The predicted octanol–water partition coefficient (Wildman–Crippen LogP) is 1.75. The van der Waals surface area contributed by atoms with E-state index in [2.05, 4.69) is 10.6 Å². The topological polar surface area (TPSA) is 56.8 Å². The molecule has 0 saturated heterocycles. The molecule has 0 atom stereocenters. The maximum Gasteiger partial charge on any atom is 0.0840 e. The number of hydrogen-bond donors (Lipinski definition) is 1. The van der Waals surface area contributed by atoms with Gasteiger partial charge >= 0.3 is 0 Å². The summed E-state index contributed by atoms with van der Waals surface area (Å²) in [5.74, 6) is 0. The Morgan fingerprint density at radius 3 is 1.85 bits per heavy atom. The summed E-state index contributed by atoms with van der Waals surface area (Å²) in [6, 6.07) is 0. The van der Waals surface area contributed by atoms with Crippen molar-refractivity contribution in [3.05, 3.63) is 5.21 Å². The summed E-state index contributed by atoms with van der Waals surface area (Å²) in [5, 5.41) is 11.5. The summed E-state index contributed by atoms with van der Waals surface area (Å²) < 4.78 is 0. The van der Waals surface area contributed by atoms with Crippen molar-refractivity contribution in [2.45, 2.75) is 52.7 Å². The molecule has 0 spiro atoms. The van der Waals surface area contributed by atoms with Gasteiger partial charge in [-0.1, -0.05) is 5.64 Å². The summed E-state index contributed by atoms with van der Waals surface area (Å²) in [6.07, 6.45) is 0. The SMILES string of the molecule is CC(C)(C)ONON([O-])C(C)(C)C. The Hall–Kier alpha value is -0.200. The molecule has 0 saturated carbocycles. The monoisotopic (exact) mass is 191 g/mol. The maximum absolute atomic E-state index is 11.1. The first-order valence-corrected chi connectivity index (χ1v) is 4.20. The first-order valence-electron chi connectivity index (χ1n) is 4.20. The van der Waals surface area contributed by atoms with Crippen LogP contribution >= 0.6 is 0 Å². The zero-order chi connectivity index (χ0) is 10.7. The minimum atomic E-state index is -0.603. The Labute approximate surface area is 79.4 Å². The van der Waals surface area contributed by atoms with Crippen molar-refractivity contribution in [1.29, 1.82) is 0 Å². The van der Waals surface area contributed by atoms with Crippen molar-refractivity contribution in [3.8, 4) is 0 Å².